The van der Waals surface area contributed by atoms with Gasteiger partial charge in [-0.25, -0.2) is 0 Å². The van der Waals surface area contributed by atoms with Crippen LogP contribution >= 0.6 is 0 Å². The summed E-state index contributed by atoms with van der Waals surface area (Å²) in [6.07, 6.45) is 0. The van der Waals surface area contributed by atoms with Crippen LogP contribution < -0.4 is 10.1 Å². The molecule has 0 aliphatic carbocycles. The summed E-state index contributed by atoms with van der Waals surface area (Å²) in [5.41, 5.74) is 2.77. The Balaban J connectivity index is 2.10. The zero-order chi connectivity index (χ0) is 14.5. The third-order valence-corrected chi connectivity index (χ3v) is 3.22. The fourth-order valence-corrected chi connectivity index (χ4v) is 2.06. The highest BCUT2D eigenvalue weighted by Crippen LogP contribution is 2.19. The number of hydrogen-bond acceptors (Lipinski definition) is 2. The monoisotopic (exact) mass is 269 g/mol. The first kappa shape index (κ1) is 14.1. The Bertz CT molecular complexity index is 607. The molecule has 0 bridgehead atoms. The number of methoxy groups -OCH3 is 1. The van der Waals surface area contributed by atoms with Crippen molar-refractivity contribution in [2.24, 2.45) is 0 Å². The Kier molecular flexibility index (Phi) is 4.41. The molecule has 1 N–H and O–H groups in total. The van der Waals surface area contributed by atoms with Crippen molar-refractivity contribution < 1.29 is 9.53 Å². The smallest absolute Gasteiger partial charge is 0.251 e. The van der Waals surface area contributed by atoms with Gasteiger partial charge < -0.3 is 10.1 Å². The van der Waals surface area contributed by atoms with E-state index >= 15 is 0 Å². The molecule has 0 fully saturated rings. The third-order valence-electron chi connectivity index (χ3n) is 3.22. The van der Waals surface area contributed by atoms with Crippen molar-refractivity contribution in [2.75, 3.05) is 7.11 Å². The number of amides is 1. The molecule has 3 nitrogen and oxygen atoms in total. The van der Waals surface area contributed by atoms with Crippen LogP contribution in [0.25, 0.3) is 0 Å². The second kappa shape index (κ2) is 6.24. The van der Waals surface area contributed by atoms with Crippen molar-refractivity contribution >= 4 is 5.91 Å². The van der Waals surface area contributed by atoms with Gasteiger partial charge >= 0.3 is 0 Å². The highest BCUT2D eigenvalue weighted by Gasteiger charge is 2.11. The van der Waals surface area contributed by atoms with Gasteiger partial charge in [-0.2, -0.15) is 0 Å². The summed E-state index contributed by atoms with van der Waals surface area (Å²) in [5.74, 6) is 0.725. The van der Waals surface area contributed by atoms with E-state index in [-0.39, 0.29) is 11.9 Å². The SMILES string of the molecule is COc1cccc([C@@H](C)NC(=O)c2cccc(C)c2)c1. The minimum atomic E-state index is -0.0712. The number of carbonyl (C=O) groups excluding carboxylic acids is 1. The van der Waals surface area contributed by atoms with Gasteiger partial charge in [0, 0.05) is 5.56 Å². The lowest BCUT2D eigenvalue weighted by atomic mass is 10.1. The Labute approximate surface area is 119 Å². The van der Waals surface area contributed by atoms with Gasteiger partial charge in [-0.15, -0.1) is 0 Å². The summed E-state index contributed by atoms with van der Waals surface area (Å²) < 4.78 is 5.20. The Morgan fingerprint density at radius 2 is 1.90 bits per heavy atom. The highest BCUT2D eigenvalue weighted by molar-refractivity contribution is 5.94. The van der Waals surface area contributed by atoms with Crippen molar-refractivity contribution in [2.45, 2.75) is 19.9 Å². The minimum Gasteiger partial charge on any atom is -0.497 e. The van der Waals surface area contributed by atoms with Gasteiger partial charge in [0.2, 0.25) is 0 Å². The fraction of sp³-hybridized carbons (Fsp3) is 0.235. The van der Waals surface area contributed by atoms with Crippen LogP contribution in [0.2, 0.25) is 0 Å². The molecule has 20 heavy (non-hydrogen) atoms. The molecule has 0 saturated carbocycles. The lowest BCUT2D eigenvalue weighted by Crippen LogP contribution is -2.26. The zero-order valence-electron chi connectivity index (χ0n) is 12.0. The van der Waals surface area contributed by atoms with Gasteiger partial charge in [0.1, 0.15) is 5.75 Å². The van der Waals surface area contributed by atoms with Gasteiger partial charge in [-0.3, -0.25) is 4.79 Å². The summed E-state index contributed by atoms with van der Waals surface area (Å²) in [4.78, 5) is 12.2. The van der Waals surface area contributed by atoms with E-state index in [0.29, 0.717) is 5.56 Å². The van der Waals surface area contributed by atoms with Crippen LogP contribution in [0.5, 0.6) is 5.75 Å². The van der Waals surface area contributed by atoms with Crippen molar-refractivity contribution in [1.82, 2.24) is 5.32 Å². The van der Waals surface area contributed by atoms with E-state index in [1.807, 2.05) is 62.4 Å². The molecule has 2 aromatic carbocycles. The second-order valence-electron chi connectivity index (χ2n) is 4.84. The van der Waals surface area contributed by atoms with E-state index in [4.69, 9.17) is 4.74 Å². The summed E-state index contributed by atoms with van der Waals surface area (Å²) in [6, 6.07) is 15.2. The van der Waals surface area contributed by atoms with E-state index < -0.39 is 0 Å². The lowest BCUT2D eigenvalue weighted by Gasteiger charge is -2.15. The van der Waals surface area contributed by atoms with Crippen molar-refractivity contribution in [3.8, 4) is 5.75 Å². The average Bonchev–Trinajstić information content (AvgIpc) is 2.47. The largest absolute Gasteiger partial charge is 0.497 e. The molecule has 1 atom stereocenters. The molecule has 0 radical (unpaired) electrons. The molecule has 0 spiro atoms. The highest BCUT2D eigenvalue weighted by atomic mass is 16.5. The summed E-state index contributed by atoms with van der Waals surface area (Å²) in [7, 11) is 1.63. The summed E-state index contributed by atoms with van der Waals surface area (Å²) in [5, 5.41) is 3.00. The first-order chi connectivity index (χ1) is 9.60. The normalized spacial score (nSPS) is 11.8. The number of hydrogen-bond donors (Lipinski definition) is 1. The standard InChI is InChI=1S/C17H19NO2/c1-12-6-4-8-15(10-12)17(19)18-13(2)14-7-5-9-16(11-14)20-3/h4-11,13H,1-3H3,(H,18,19)/t13-/m1/s1. The van der Waals surface area contributed by atoms with E-state index in [2.05, 4.69) is 5.32 Å². The number of rotatable bonds is 4. The molecule has 0 aliphatic heterocycles. The van der Waals surface area contributed by atoms with Crippen LogP contribution in [0.15, 0.2) is 48.5 Å². The lowest BCUT2D eigenvalue weighted by molar-refractivity contribution is 0.0939. The van der Waals surface area contributed by atoms with E-state index in [9.17, 15) is 4.79 Å². The van der Waals surface area contributed by atoms with E-state index in [0.717, 1.165) is 16.9 Å². The fourth-order valence-electron chi connectivity index (χ4n) is 2.06. The summed E-state index contributed by atoms with van der Waals surface area (Å²) >= 11 is 0. The van der Waals surface area contributed by atoms with Crippen LogP contribution in [0.3, 0.4) is 0 Å². The van der Waals surface area contributed by atoms with Crippen molar-refractivity contribution in [3.05, 3.63) is 65.2 Å². The van der Waals surface area contributed by atoms with Crippen molar-refractivity contribution in [1.29, 1.82) is 0 Å². The van der Waals surface area contributed by atoms with E-state index in [1.54, 1.807) is 7.11 Å². The number of aryl methyl sites for hydroxylation is 1. The summed E-state index contributed by atoms with van der Waals surface area (Å²) in [6.45, 7) is 3.94. The molecular weight excluding hydrogens is 250 g/mol. The Morgan fingerprint density at radius 3 is 2.60 bits per heavy atom. The maximum Gasteiger partial charge on any atom is 0.251 e. The molecule has 2 aromatic rings. The van der Waals surface area contributed by atoms with Crippen LogP contribution in [0, 0.1) is 6.92 Å². The third kappa shape index (κ3) is 3.38. The Morgan fingerprint density at radius 1 is 1.15 bits per heavy atom. The molecule has 1 amide bonds. The van der Waals surface area contributed by atoms with Crippen LogP contribution in [0.4, 0.5) is 0 Å². The first-order valence-electron chi connectivity index (χ1n) is 6.61. The molecule has 0 saturated heterocycles. The second-order valence-corrected chi connectivity index (χ2v) is 4.84. The molecule has 0 aromatic heterocycles. The predicted octanol–water partition coefficient (Wildman–Crippen LogP) is 3.49. The Hall–Kier alpha value is -2.29. The molecule has 104 valence electrons. The van der Waals surface area contributed by atoms with Gasteiger partial charge in [-0.1, -0.05) is 29.8 Å². The van der Waals surface area contributed by atoms with Gasteiger partial charge in [-0.05, 0) is 43.7 Å². The molecule has 0 heterocycles. The predicted molar refractivity (Wildman–Crippen MR) is 80.1 cm³/mol. The van der Waals surface area contributed by atoms with Gasteiger partial charge in [0.05, 0.1) is 13.2 Å². The van der Waals surface area contributed by atoms with E-state index in [1.165, 1.54) is 0 Å². The van der Waals surface area contributed by atoms with Crippen molar-refractivity contribution in [3.63, 3.8) is 0 Å². The minimum absolute atomic E-state index is 0.0657. The van der Waals surface area contributed by atoms with Crippen LogP contribution in [0.1, 0.15) is 34.5 Å². The number of carbonyl (C=O) groups is 1. The maximum atomic E-state index is 12.2. The molecule has 0 aliphatic rings. The molecule has 3 heteroatoms. The topological polar surface area (TPSA) is 38.3 Å². The first-order valence-corrected chi connectivity index (χ1v) is 6.61. The zero-order valence-corrected chi connectivity index (χ0v) is 12.0. The average molecular weight is 269 g/mol. The van der Waals surface area contributed by atoms with Gasteiger partial charge in [0.15, 0.2) is 0 Å². The van der Waals surface area contributed by atoms with Gasteiger partial charge in [0.25, 0.3) is 5.91 Å². The number of benzene rings is 2. The van der Waals surface area contributed by atoms with Crippen LogP contribution in [-0.2, 0) is 0 Å². The quantitative estimate of drug-likeness (QED) is 0.922. The van der Waals surface area contributed by atoms with Crippen LogP contribution in [-0.4, -0.2) is 13.0 Å². The molecular formula is C17H19NO2. The maximum absolute atomic E-state index is 12.2. The number of ether oxygens (including phenoxy) is 1. The number of nitrogens with one attached hydrogen (secondary N) is 1. The molecule has 0 unspecified atom stereocenters. The molecule has 2 rings (SSSR count).